The standard InChI is InChI=1S/C10H21NO/c1-9(2)8-11(10(3)4)6-5-7-12/h7,9-10H,5-6,8H2,1-4H3. The van der Waals surface area contributed by atoms with E-state index in [4.69, 9.17) is 0 Å². The summed E-state index contributed by atoms with van der Waals surface area (Å²) in [4.78, 5) is 12.5. The molecule has 0 aromatic heterocycles. The van der Waals surface area contributed by atoms with Crippen LogP contribution in [0.4, 0.5) is 0 Å². The molecule has 2 nitrogen and oxygen atoms in total. The Balaban J connectivity index is 3.77. The third kappa shape index (κ3) is 5.30. The summed E-state index contributed by atoms with van der Waals surface area (Å²) >= 11 is 0. The molecule has 0 amide bonds. The van der Waals surface area contributed by atoms with Gasteiger partial charge in [0.25, 0.3) is 0 Å². The molecule has 0 aromatic rings. The Bertz CT molecular complexity index is 121. The van der Waals surface area contributed by atoms with Gasteiger partial charge in [0, 0.05) is 25.6 Å². The van der Waals surface area contributed by atoms with Crippen molar-refractivity contribution >= 4 is 6.29 Å². The summed E-state index contributed by atoms with van der Waals surface area (Å²) in [7, 11) is 0. The first-order chi connectivity index (χ1) is 5.57. The minimum Gasteiger partial charge on any atom is -0.303 e. The second-order valence-corrected chi connectivity index (χ2v) is 3.94. The lowest BCUT2D eigenvalue weighted by atomic mass is 10.1. The van der Waals surface area contributed by atoms with Crippen molar-refractivity contribution in [2.24, 2.45) is 5.92 Å². The van der Waals surface area contributed by atoms with E-state index in [2.05, 4.69) is 32.6 Å². The fraction of sp³-hybridized carbons (Fsp3) is 0.900. The summed E-state index contributed by atoms with van der Waals surface area (Å²) in [6.07, 6.45) is 1.65. The largest absolute Gasteiger partial charge is 0.303 e. The van der Waals surface area contributed by atoms with Gasteiger partial charge in [0.2, 0.25) is 0 Å². The van der Waals surface area contributed by atoms with E-state index in [9.17, 15) is 4.79 Å². The molecule has 0 N–H and O–H groups in total. The Morgan fingerprint density at radius 2 is 1.83 bits per heavy atom. The van der Waals surface area contributed by atoms with Crippen LogP contribution in [0, 0.1) is 5.92 Å². The molecule has 0 unspecified atom stereocenters. The SMILES string of the molecule is CC(C)CN(CCC=O)C(C)C. The topological polar surface area (TPSA) is 20.3 Å². The molecule has 0 radical (unpaired) electrons. The average molecular weight is 171 g/mol. The van der Waals surface area contributed by atoms with Gasteiger partial charge in [-0.3, -0.25) is 0 Å². The zero-order valence-corrected chi connectivity index (χ0v) is 8.71. The van der Waals surface area contributed by atoms with E-state index in [0.717, 1.165) is 19.4 Å². The maximum atomic E-state index is 10.2. The molecule has 0 spiro atoms. The lowest BCUT2D eigenvalue weighted by molar-refractivity contribution is -0.108. The molecule has 0 saturated carbocycles. The predicted molar refractivity (Wildman–Crippen MR) is 52.2 cm³/mol. The molecule has 72 valence electrons. The Hall–Kier alpha value is -0.370. The molecular weight excluding hydrogens is 150 g/mol. The summed E-state index contributed by atoms with van der Waals surface area (Å²) in [6, 6.07) is 0.548. The van der Waals surface area contributed by atoms with Crippen LogP contribution in [0.1, 0.15) is 34.1 Å². The van der Waals surface area contributed by atoms with Crippen LogP contribution in [-0.4, -0.2) is 30.3 Å². The maximum absolute atomic E-state index is 10.2. The molecule has 0 aliphatic heterocycles. The van der Waals surface area contributed by atoms with Gasteiger partial charge in [0.05, 0.1) is 0 Å². The second kappa shape index (κ2) is 6.18. The number of carbonyl (C=O) groups excluding carboxylic acids is 1. The molecule has 0 saturated heterocycles. The van der Waals surface area contributed by atoms with Crippen LogP contribution in [0.5, 0.6) is 0 Å². The van der Waals surface area contributed by atoms with E-state index in [1.165, 1.54) is 0 Å². The summed E-state index contributed by atoms with van der Waals surface area (Å²) in [5.74, 6) is 0.680. The summed E-state index contributed by atoms with van der Waals surface area (Å²) in [5.41, 5.74) is 0. The first kappa shape index (κ1) is 11.6. The molecule has 0 heterocycles. The van der Waals surface area contributed by atoms with Gasteiger partial charge >= 0.3 is 0 Å². The molecule has 0 aliphatic rings. The third-order valence-electron chi connectivity index (χ3n) is 1.86. The van der Waals surface area contributed by atoms with Crippen LogP contribution in [0.3, 0.4) is 0 Å². The van der Waals surface area contributed by atoms with Crippen LogP contribution in [0.25, 0.3) is 0 Å². The van der Waals surface area contributed by atoms with E-state index in [-0.39, 0.29) is 0 Å². The van der Waals surface area contributed by atoms with Crippen LogP contribution < -0.4 is 0 Å². The monoisotopic (exact) mass is 171 g/mol. The van der Waals surface area contributed by atoms with Gasteiger partial charge < -0.3 is 9.69 Å². The fourth-order valence-corrected chi connectivity index (χ4v) is 1.25. The van der Waals surface area contributed by atoms with Crippen LogP contribution in [-0.2, 0) is 4.79 Å². The maximum Gasteiger partial charge on any atom is 0.121 e. The van der Waals surface area contributed by atoms with Gasteiger partial charge in [0.15, 0.2) is 0 Å². The van der Waals surface area contributed by atoms with Crippen molar-refractivity contribution in [3.05, 3.63) is 0 Å². The van der Waals surface area contributed by atoms with Gasteiger partial charge in [-0.25, -0.2) is 0 Å². The van der Waals surface area contributed by atoms with E-state index in [1.807, 2.05) is 0 Å². The lowest BCUT2D eigenvalue weighted by Gasteiger charge is -2.27. The first-order valence-electron chi connectivity index (χ1n) is 4.75. The summed E-state index contributed by atoms with van der Waals surface area (Å²) in [5, 5.41) is 0. The molecule has 2 heteroatoms. The average Bonchev–Trinajstić information content (AvgIpc) is 1.96. The quantitative estimate of drug-likeness (QED) is 0.569. The lowest BCUT2D eigenvalue weighted by Crippen LogP contribution is -2.35. The molecule has 12 heavy (non-hydrogen) atoms. The number of hydrogen-bond acceptors (Lipinski definition) is 2. The van der Waals surface area contributed by atoms with Crippen molar-refractivity contribution in [2.75, 3.05) is 13.1 Å². The van der Waals surface area contributed by atoms with Gasteiger partial charge in [-0.05, 0) is 19.8 Å². The van der Waals surface area contributed by atoms with Gasteiger partial charge in [0.1, 0.15) is 6.29 Å². The number of carbonyl (C=O) groups is 1. The number of rotatable bonds is 6. The van der Waals surface area contributed by atoms with E-state index in [1.54, 1.807) is 0 Å². The molecule has 0 atom stereocenters. The highest BCUT2D eigenvalue weighted by molar-refractivity contribution is 5.49. The number of hydrogen-bond donors (Lipinski definition) is 0. The summed E-state index contributed by atoms with van der Waals surface area (Å²) in [6.45, 7) is 10.7. The van der Waals surface area contributed by atoms with Crippen LogP contribution >= 0.6 is 0 Å². The van der Waals surface area contributed by atoms with E-state index < -0.39 is 0 Å². The van der Waals surface area contributed by atoms with Crippen molar-refractivity contribution in [2.45, 2.75) is 40.2 Å². The van der Waals surface area contributed by atoms with Crippen molar-refractivity contribution in [3.63, 3.8) is 0 Å². The van der Waals surface area contributed by atoms with E-state index >= 15 is 0 Å². The van der Waals surface area contributed by atoms with Crippen molar-refractivity contribution in [3.8, 4) is 0 Å². The molecule has 0 bridgehead atoms. The third-order valence-corrected chi connectivity index (χ3v) is 1.86. The Morgan fingerprint density at radius 3 is 2.17 bits per heavy atom. The van der Waals surface area contributed by atoms with Gasteiger partial charge in [-0.1, -0.05) is 13.8 Å². The Kier molecular flexibility index (Phi) is 5.99. The smallest absolute Gasteiger partial charge is 0.121 e. The van der Waals surface area contributed by atoms with Crippen LogP contribution in [0.2, 0.25) is 0 Å². The molecular formula is C10H21NO. The molecule has 0 fully saturated rings. The molecule has 0 rings (SSSR count). The fourth-order valence-electron chi connectivity index (χ4n) is 1.25. The normalized spacial score (nSPS) is 11.6. The summed E-state index contributed by atoms with van der Waals surface area (Å²) < 4.78 is 0. The Labute approximate surface area is 75.9 Å². The second-order valence-electron chi connectivity index (χ2n) is 3.94. The number of nitrogens with zero attached hydrogens (tertiary/aromatic N) is 1. The van der Waals surface area contributed by atoms with Crippen molar-refractivity contribution in [1.29, 1.82) is 0 Å². The van der Waals surface area contributed by atoms with Crippen LogP contribution in [0.15, 0.2) is 0 Å². The number of aldehydes is 1. The first-order valence-corrected chi connectivity index (χ1v) is 4.75. The minimum absolute atomic E-state index is 0.548. The predicted octanol–water partition coefficient (Wildman–Crippen LogP) is 1.94. The highest BCUT2D eigenvalue weighted by atomic mass is 16.1. The highest BCUT2D eigenvalue weighted by Gasteiger charge is 2.09. The van der Waals surface area contributed by atoms with Crippen molar-refractivity contribution < 1.29 is 4.79 Å². The minimum atomic E-state index is 0.548. The highest BCUT2D eigenvalue weighted by Crippen LogP contribution is 2.03. The molecule has 0 aliphatic carbocycles. The Morgan fingerprint density at radius 1 is 1.25 bits per heavy atom. The van der Waals surface area contributed by atoms with E-state index in [0.29, 0.717) is 18.4 Å². The molecule has 0 aromatic carbocycles. The van der Waals surface area contributed by atoms with Gasteiger partial charge in [-0.15, -0.1) is 0 Å². The zero-order valence-electron chi connectivity index (χ0n) is 8.71. The zero-order chi connectivity index (χ0) is 9.56. The van der Waals surface area contributed by atoms with Gasteiger partial charge in [-0.2, -0.15) is 0 Å². The van der Waals surface area contributed by atoms with Crippen molar-refractivity contribution in [1.82, 2.24) is 4.90 Å².